The Morgan fingerprint density at radius 3 is 2.21 bits per heavy atom. The molecule has 1 N–H and O–H groups in total. The van der Waals surface area contributed by atoms with Gasteiger partial charge in [0.25, 0.3) is 10.0 Å². The van der Waals surface area contributed by atoms with E-state index in [1.807, 2.05) is 37.3 Å². The minimum absolute atomic E-state index is 0.0190. The van der Waals surface area contributed by atoms with Crippen LogP contribution in [-0.2, 0) is 32.6 Å². The van der Waals surface area contributed by atoms with E-state index in [0.29, 0.717) is 10.6 Å². The number of aryl methyl sites for hydroxylation is 1. The molecule has 1 aliphatic carbocycles. The predicted octanol–water partition coefficient (Wildman–Crippen LogP) is 7.07. The van der Waals surface area contributed by atoms with E-state index in [9.17, 15) is 18.0 Å². The monoisotopic (exact) mass is 675 g/mol. The zero-order valence-corrected chi connectivity index (χ0v) is 27.9. The Morgan fingerprint density at radius 1 is 0.872 bits per heavy atom. The molecule has 47 heavy (non-hydrogen) atoms. The number of amides is 2. The average Bonchev–Trinajstić information content (AvgIpc) is 3.06. The third-order valence-corrected chi connectivity index (χ3v) is 10.5. The van der Waals surface area contributed by atoms with Gasteiger partial charge in [0.05, 0.1) is 10.6 Å². The van der Waals surface area contributed by atoms with Crippen LogP contribution in [0.15, 0.2) is 108 Å². The van der Waals surface area contributed by atoms with Crippen LogP contribution in [0.5, 0.6) is 0 Å². The molecule has 0 aliphatic heterocycles. The molecule has 4 aromatic carbocycles. The molecule has 1 aliphatic rings. The summed E-state index contributed by atoms with van der Waals surface area (Å²) in [4.78, 5) is 30.0. The fourth-order valence-electron chi connectivity index (χ4n) is 5.94. The van der Waals surface area contributed by atoms with Crippen LogP contribution in [0.4, 0.5) is 10.1 Å². The SMILES string of the molecule is Cc1ccc(S(=O)(=O)N(CC(=O)N(Cc2cccc(Cl)c2)[C@@H](Cc2ccccc2)C(=O)NC2CCCCC2)c2ccccc2F)cc1. The molecule has 1 atom stereocenters. The molecule has 0 bridgehead atoms. The van der Waals surface area contributed by atoms with Crippen molar-refractivity contribution in [1.29, 1.82) is 0 Å². The molecule has 10 heteroatoms. The van der Waals surface area contributed by atoms with Gasteiger partial charge in [-0.15, -0.1) is 0 Å². The number of nitrogens with one attached hydrogen (secondary N) is 1. The van der Waals surface area contributed by atoms with E-state index in [1.165, 1.54) is 35.2 Å². The van der Waals surface area contributed by atoms with Gasteiger partial charge in [-0.3, -0.25) is 13.9 Å². The number of carbonyl (C=O) groups excluding carboxylic acids is 2. The van der Waals surface area contributed by atoms with Crippen molar-refractivity contribution in [3.63, 3.8) is 0 Å². The Hall–Kier alpha value is -4.21. The number of para-hydroxylation sites is 1. The minimum atomic E-state index is -4.40. The average molecular weight is 676 g/mol. The number of anilines is 1. The lowest BCUT2D eigenvalue weighted by Crippen LogP contribution is -2.55. The maximum Gasteiger partial charge on any atom is 0.264 e. The van der Waals surface area contributed by atoms with Crippen molar-refractivity contribution in [3.05, 3.63) is 131 Å². The summed E-state index contributed by atoms with van der Waals surface area (Å²) in [6, 6.07) is 26.9. The lowest BCUT2D eigenvalue weighted by molar-refractivity contribution is -0.140. The number of hydrogen-bond donors (Lipinski definition) is 1. The molecular formula is C37H39ClFN3O4S. The van der Waals surface area contributed by atoms with Crippen molar-refractivity contribution >= 4 is 39.1 Å². The lowest BCUT2D eigenvalue weighted by atomic mass is 9.94. The Labute approximate surface area is 281 Å². The highest BCUT2D eigenvalue weighted by atomic mass is 35.5. The Morgan fingerprint density at radius 2 is 1.53 bits per heavy atom. The van der Waals surface area contributed by atoms with Gasteiger partial charge in [0, 0.05) is 24.0 Å². The second kappa shape index (κ2) is 15.6. The predicted molar refractivity (Wildman–Crippen MR) is 183 cm³/mol. The number of rotatable bonds is 12. The maximum atomic E-state index is 15.3. The first-order valence-electron chi connectivity index (χ1n) is 15.8. The zero-order chi connectivity index (χ0) is 33.4. The van der Waals surface area contributed by atoms with Crippen LogP contribution < -0.4 is 9.62 Å². The number of halogens is 2. The molecule has 0 aromatic heterocycles. The molecule has 0 unspecified atom stereocenters. The van der Waals surface area contributed by atoms with Crippen LogP contribution in [0.3, 0.4) is 0 Å². The van der Waals surface area contributed by atoms with Gasteiger partial charge in [-0.05, 0) is 67.3 Å². The Bertz CT molecular complexity index is 1780. The van der Waals surface area contributed by atoms with Crippen LogP contribution in [0.1, 0.15) is 48.8 Å². The molecule has 0 saturated heterocycles. The smallest absolute Gasteiger partial charge is 0.264 e. The Kier molecular flexibility index (Phi) is 11.3. The number of hydrogen-bond acceptors (Lipinski definition) is 4. The summed E-state index contributed by atoms with van der Waals surface area (Å²) in [6.45, 7) is 1.07. The third kappa shape index (κ3) is 8.78. The summed E-state index contributed by atoms with van der Waals surface area (Å²) in [5.41, 5.74) is 2.07. The van der Waals surface area contributed by atoms with Crippen molar-refractivity contribution < 1.29 is 22.4 Å². The molecule has 0 spiro atoms. The van der Waals surface area contributed by atoms with Crippen LogP contribution in [-0.4, -0.2) is 43.8 Å². The second-order valence-corrected chi connectivity index (χ2v) is 14.3. The summed E-state index contributed by atoms with van der Waals surface area (Å²) >= 11 is 6.32. The van der Waals surface area contributed by atoms with Gasteiger partial charge >= 0.3 is 0 Å². The summed E-state index contributed by atoms with van der Waals surface area (Å²) in [7, 11) is -4.40. The van der Waals surface area contributed by atoms with E-state index < -0.39 is 34.3 Å². The lowest BCUT2D eigenvalue weighted by Gasteiger charge is -2.35. The summed E-state index contributed by atoms with van der Waals surface area (Å²) in [5, 5.41) is 3.63. The van der Waals surface area contributed by atoms with Crippen molar-refractivity contribution in [2.45, 2.75) is 69.0 Å². The topological polar surface area (TPSA) is 86.8 Å². The molecule has 4 aromatic rings. The van der Waals surface area contributed by atoms with E-state index in [1.54, 1.807) is 36.4 Å². The van der Waals surface area contributed by atoms with Gasteiger partial charge in [0.1, 0.15) is 18.4 Å². The first kappa shape index (κ1) is 34.1. The molecule has 1 fully saturated rings. The second-order valence-electron chi connectivity index (χ2n) is 12.0. The van der Waals surface area contributed by atoms with Gasteiger partial charge in [-0.2, -0.15) is 0 Å². The molecule has 1 saturated carbocycles. The van der Waals surface area contributed by atoms with E-state index in [-0.39, 0.29) is 35.5 Å². The fourth-order valence-corrected chi connectivity index (χ4v) is 7.57. The van der Waals surface area contributed by atoms with Crippen molar-refractivity contribution in [2.75, 3.05) is 10.8 Å². The van der Waals surface area contributed by atoms with Crippen molar-refractivity contribution in [2.24, 2.45) is 0 Å². The van der Waals surface area contributed by atoms with Gasteiger partial charge < -0.3 is 10.2 Å². The number of nitrogens with zero attached hydrogens (tertiary/aromatic N) is 2. The molecule has 246 valence electrons. The third-order valence-electron chi connectivity index (χ3n) is 8.47. The summed E-state index contributed by atoms with van der Waals surface area (Å²) < 4.78 is 44.3. The highest BCUT2D eigenvalue weighted by molar-refractivity contribution is 7.92. The molecule has 0 radical (unpaired) electrons. The van der Waals surface area contributed by atoms with Crippen LogP contribution in [0, 0.1) is 12.7 Å². The van der Waals surface area contributed by atoms with Crippen molar-refractivity contribution in [3.8, 4) is 0 Å². The van der Waals surface area contributed by atoms with Gasteiger partial charge in [0.15, 0.2) is 0 Å². The minimum Gasteiger partial charge on any atom is -0.352 e. The van der Waals surface area contributed by atoms with Gasteiger partial charge in [0.2, 0.25) is 11.8 Å². The highest BCUT2D eigenvalue weighted by Gasteiger charge is 2.36. The molecular weight excluding hydrogens is 637 g/mol. The van der Waals surface area contributed by atoms with E-state index in [2.05, 4.69) is 5.32 Å². The first-order valence-corrected chi connectivity index (χ1v) is 17.7. The van der Waals surface area contributed by atoms with Crippen LogP contribution >= 0.6 is 11.6 Å². The van der Waals surface area contributed by atoms with Crippen LogP contribution in [0.25, 0.3) is 0 Å². The highest BCUT2D eigenvalue weighted by Crippen LogP contribution is 2.28. The van der Waals surface area contributed by atoms with E-state index in [0.717, 1.165) is 53.6 Å². The molecule has 2 amide bonds. The summed E-state index contributed by atoms with van der Waals surface area (Å²) in [5.74, 6) is -1.79. The van der Waals surface area contributed by atoms with E-state index in [4.69, 9.17) is 11.6 Å². The number of benzene rings is 4. The van der Waals surface area contributed by atoms with Crippen molar-refractivity contribution in [1.82, 2.24) is 10.2 Å². The standard InChI is InChI=1S/C37H39ClFN3O4S/c1-27-19-21-32(22-20-27)47(45,46)42(34-18-9-8-17-33(34)39)26-36(43)41(25-29-13-10-14-30(38)23-29)35(24-28-11-4-2-5-12-28)37(44)40-31-15-6-3-7-16-31/h2,4-5,8-14,17-23,31,35H,3,6-7,15-16,24-26H2,1H3,(H,40,44)/t35-/m0/s1. The fraction of sp³-hybridized carbons (Fsp3) is 0.297. The van der Waals surface area contributed by atoms with Gasteiger partial charge in [-0.25, -0.2) is 12.8 Å². The largest absolute Gasteiger partial charge is 0.352 e. The maximum absolute atomic E-state index is 15.3. The Balaban J connectivity index is 1.57. The zero-order valence-electron chi connectivity index (χ0n) is 26.3. The molecule has 5 rings (SSSR count). The van der Waals surface area contributed by atoms with Gasteiger partial charge in [-0.1, -0.05) is 103 Å². The summed E-state index contributed by atoms with van der Waals surface area (Å²) in [6.07, 6.45) is 5.02. The molecule has 7 nitrogen and oxygen atoms in total. The molecule has 0 heterocycles. The number of sulfonamides is 1. The van der Waals surface area contributed by atoms with Crippen LogP contribution in [0.2, 0.25) is 5.02 Å². The normalized spacial score (nSPS) is 14.3. The quantitative estimate of drug-likeness (QED) is 0.174. The number of carbonyl (C=O) groups is 2. The van der Waals surface area contributed by atoms with E-state index >= 15 is 4.39 Å². The first-order chi connectivity index (χ1) is 22.6.